The second-order valence-corrected chi connectivity index (χ2v) is 9.45. The van der Waals surface area contributed by atoms with Gasteiger partial charge in [0.15, 0.2) is 22.4 Å². The van der Waals surface area contributed by atoms with Crippen LogP contribution in [0.3, 0.4) is 0 Å². The van der Waals surface area contributed by atoms with Crippen LogP contribution >= 0.6 is 11.8 Å². The van der Waals surface area contributed by atoms with Crippen molar-refractivity contribution in [2.45, 2.75) is 37.8 Å². The molecule has 1 atom stereocenters. The summed E-state index contributed by atoms with van der Waals surface area (Å²) in [6.45, 7) is 4.19. The molecule has 0 bridgehead atoms. The van der Waals surface area contributed by atoms with Crippen LogP contribution in [0, 0.1) is 5.41 Å². The molecule has 0 saturated heterocycles. The predicted octanol–water partition coefficient (Wildman–Crippen LogP) is 4.01. The van der Waals surface area contributed by atoms with Crippen molar-refractivity contribution in [2.24, 2.45) is 5.41 Å². The first-order valence-electron chi connectivity index (χ1n) is 10.3. The number of nitrogens with two attached hydrogens (primary N) is 1. The van der Waals surface area contributed by atoms with E-state index in [1.54, 1.807) is 21.3 Å². The van der Waals surface area contributed by atoms with Gasteiger partial charge in [-0.05, 0) is 24.2 Å². The molecule has 1 aromatic heterocycles. The maximum Gasteiger partial charge on any atom is 0.203 e. The highest BCUT2D eigenvalue weighted by molar-refractivity contribution is 7.98. The summed E-state index contributed by atoms with van der Waals surface area (Å²) in [5, 5.41) is 3.97. The van der Waals surface area contributed by atoms with Crippen LogP contribution in [0.15, 0.2) is 28.6 Å². The van der Waals surface area contributed by atoms with Gasteiger partial charge in [0.1, 0.15) is 11.6 Å². The van der Waals surface area contributed by atoms with Gasteiger partial charge >= 0.3 is 0 Å². The Balaban J connectivity index is 2.04. The van der Waals surface area contributed by atoms with Crippen molar-refractivity contribution >= 4 is 29.2 Å². The zero-order chi connectivity index (χ0) is 23.2. The molecule has 3 N–H and O–H groups in total. The van der Waals surface area contributed by atoms with E-state index < -0.39 is 5.92 Å². The number of hydrogen-bond acceptors (Lipinski definition) is 9. The number of carbonyl (C=O) groups excluding carboxylic acids is 1. The lowest BCUT2D eigenvalue weighted by Crippen LogP contribution is -2.34. The van der Waals surface area contributed by atoms with Crippen molar-refractivity contribution in [1.82, 2.24) is 9.97 Å². The van der Waals surface area contributed by atoms with E-state index in [1.165, 1.54) is 11.8 Å². The lowest BCUT2D eigenvalue weighted by Gasteiger charge is -2.39. The number of aromatic nitrogens is 2. The number of nitrogens with zero attached hydrogens (tertiary/aromatic N) is 2. The molecule has 1 unspecified atom stereocenters. The van der Waals surface area contributed by atoms with Crippen LogP contribution in [0.25, 0.3) is 0 Å². The van der Waals surface area contributed by atoms with Gasteiger partial charge in [0.25, 0.3) is 0 Å². The number of allylic oxidation sites excluding steroid dienone is 2. The molecule has 0 amide bonds. The zero-order valence-corrected chi connectivity index (χ0v) is 20.0. The van der Waals surface area contributed by atoms with Crippen molar-refractivity contribution in [3.63, 3.8) is 0 Å². The third-order valence-corrected chi connectivity index (χ3v) is 6.50. The summed E-state index contributed by atoms with van der Waals surface area (Å²) in [4.78, 5) is 22.6. The van der Waals surface area contributed by atoms with Gasteiger partial charge in [-0.25, -0.2) is 9.97 Å². The zero-order valence-electron chi connectivity index (χ0n) is 19.2. The number of ketones is 1. The fourth-order valence-electron chi connectivity index (χ4n) is 4.67. The Labute approximate surface area is 191 Å². The van der Waals surface area contributed by atoms with Crippen LogP contribution in [-0.2, 0) is 4.79 Å². The number of thioether (sulfide) groups is 1. The molecule has 2 aromatic rings. The summed E-state index contributed by atoms with van der Waals surface area (Å²) in [7, 11) is 4.70. The quantitative estimate of drug-likeness (QED) is 0.509. The second kappa shape index (κ2) is 8.20. The molecule has 0 spiro atoms. The molecular weight excluding hydrogens is 428 g/mol. The Morgan fingerprint density at radius 2 is 1.81 bits per heavy atom. The third kappa shape index (κ3) is 3.54. The van der Waals surface area contributed by atoms with Crippen LogP contribution in [0.4, 0.5) is 11.6 Å². The van der Waals surface area contributed by atoms with Crippen LogP contribution in [0.2, 0.25) is 0 Å². The van der Waals surface area contributed by atoms with Gasteiger partial charge in [0, 0.05) is 28.8 Å². The minimum Gasteiger partial charge on any atom is -0.493 e. The molecule has 1 aromatic carbocycles. The number of rotatable bonds is 5. The predicted molar refractivity (Wildman–Crippen MR) is 125 cm³/mol. The van der Waals surface area contributed by atoms with E-state index in [9.17, 15) is 4.79 Å². The molecule has 0 fully saturated rings. The summed E-state index contributed by atoms with van der Waals surface area (Å²) in [6.07, 6.45) is 3.06. The van der Waals surface area contributed by atoms with Gasteiger partial charge in [0.05, 0.1) is 27.2 Å². The molecule has 2 heterocycles. The lowest BCUT2D eigenvalue weighted by molar-refractivity contribution is -0.118. The van der Waals surface area contributed by atoms with Crippen molar-refractivity contribution in [3.8, 4) is 17.2 Å². The van der Waals surface area contributed by atoms with Crippen molar-refractivity contribution < 1.29 is 19.0 Å². The number of anilines is 2. The number of benzene rings is 1. The number of nitrogen functional groups attached to an aromatic ring is 1. The molecule has 0 radical (unpaired) electrons. The second-order valence-electron chi connectivity index (χ2n) is 8.67. The average molecular weight is 457 g/mol. The SMILES string of the molecule is COc1ccc(C2C3=C(CC(C)(C)CC3=O)Nc3nc(SC)nc(N)c32)c(OC)c1OC. The molecule has 1 aliphatic carbocycles. The third-order valence-electron chi connectivity index (χ3n) is 5.95. The van der Waals surface area contributed by atoms with Crippen LogP contribution in [-0.4, -0.2) is 43.3 Å². The molecule has 1 aliphatic heterocycles. The van der Waals surface area contributed by atoms with E-state index in [0.717, 1.165) is 17.7 Å². The van der Waals surface area contributed by atoms with Gasteiger partial charge in [-0.3, -0.25) is 4.79 Å². The Kier molecular flexibility index (Phi) is 5.70. The number of Topliss-reactive ketones (excluding diaryl/α,β-unsaturated/α-hetero) is 1. The van der Waals surface area contributed by atoms with E-state index in [-0.39, 0.29) is 11.2 Å². The number of fused-ring (bicyclic) bond motifs is 1. The van der Waals surface area contributed by atoms with Crippen LogP contribution in [0.1, 0.15) is 43.7 Å². The molecule has 2 aliphatic rings. The Bertz CT molecular complexity index is 1130. The van der Waals surface area contributed by atoms with E-state index in [1.807, 2.05) is 18.4 Å². The smallest absolute Gasteiger partial charge is 0.203 e. The Morgan fingerprint density at radius 3 is 2.44 bits per heavy atom. The largest absolute Gasteiger partial charge is 0.493 e. The van der Waals surface area contributed by atoms with E-state index in [0.29, 0.717) is 51.6 Å². The number of hydrogen-bond donors (Lipinski definition) is 2. The molecule has 0 saturated carbocycles. The van der Waals surface area contributed by atoms with E-state index in [4.69, 9.17) is 19.9 Å². The Hall–Kier alpha value is -2.94. The van der Waals surface area contributed by atoms with E-state index in [2.05, 4.69) is 29.1 Å². The normalized spacial score (nSPS) is 19.1. The summed E-state index contributed by atoms with van der Waals surface area (Å²) >= 11 is 1.41. The number of carbonyl (C=O) groups is 1. The summed E-state index contributed by atoms with van der Waals surface area (Å²) in [5.74, 6) is 2.02. The minimum absolute atomic E-state index is 0.0737. The van der Waals surface area contributed by atoms with Gasteiger partial charge in [-0.15, -0.1) is 0 Å². The van der Waals surface area contributed by atoms with E-state index >= 15 is 0 Å². The van der Waals surface area contributed by atoms with Gasteiger partial charge in [0.2, 0.25) is 5.75 Å². The summed E-state index contributed by atoms with van der Waals surface area (Å²) in [6, 6.07) is 3.70. The fourth-order valence-corrected chi connectivity index (χ4v) is 5.04. The first-order chi connectivity index (χ1) is 15.2. The minimum atomic E-state index is -0.490. The van der Waals surface area contributed by atoms with Crippen molar-refractivity contribution in [3.05, 3.63) is 34.5 Å². The highest BCUT2D eigenvalue weighted by Crippen LogP contribution is 2.54. The molecule has 8 nitrogen and oxygen atoms in total. The number of nitrogens with one attached hydrogen (secondary N) is 1. The van der Waals surface area contributed by atoms with Crippen molar-refractivity contribution in [2.75, 3.05) is 38.6 Å². The molecule has 4 rings (SSSR count). The monoisotopic (exact) mass is 456 g/mol. The highest BCUT2D eigenvalue weighted by atomic mass is 32.2. The maximum atomic E-state index is 13.5. The van der Waals surface area contributed by atoms with Gasteiger partial charge in [-0.2, -0.15) is 0 Å². The van der Waals surface area contributed by atoms with Gasteiger partial charge < -0.3 is 25.3 Å². The average Bonchev–Trinajstić information content (AvgIpc) is 2.75. The first-order valence-corrected chi connectivity index (χ1v) is 11.5. The standard InChI is InChI=1S/C23H28N4O4S/c1-23(2)9-12-16(13(28)10-23)15(17-20(24)26-22(32-6)27-21(17)25-12)11-7-8-14(29-3)19(31-5)18(11)30-4/h7-8,15H,9-10H2,1-6H3,(H3,24,25,26,27). The first kappa shape index (κ1) is 22.3. The van der Waals surface area contributed by atoms with Crippen LogP contribution < -0.4 is 25.3 Å². The van der Waals surface area contributed by atoms with Crippen LogP contribution in [0.5, 0.6) is 17.2 Å². The topological polar surface area (TPSA) is 109 Å². The number of ether oxygens (including phenoxy) is 3. The highest BCUT2D eigenvalue weighted by Gasteiger charge is 2.43. The van der Waals surface area contributed by atoms with Gasteiger partial charge in [-0.1, -0.05) is 31.7 Å². The lowest BCUT2D eigenvalue weighted by atomic mass is 9.69. The fraction of sp³-hybridized carbons (Fsp3) is 0.435. The Morgan fingerprint density at radius 1 is 1.09 bits per heavy atom. The molecule has 170 valence electrons. The number of methoxy groups -OCH3 is 3. The van der Waals surface area contributed by atoms with Crippen molar-refractivity contribution in [1.29, 1.82) is 0 Å². The maximum absolute atomic E-state index is 13.5. The molecule has 32 heavy (non-hydrogen) atoms. The molecule has 9 heteroatoms. The summed E-state index contributed by atoms with van der Waals surface area (Å²) < 4.78 is 16.8. The molecular formula is C23H28N4O4S. The summed E-state index contributed by atoms with van der Waals surface area (Å²) in [5.41, 5.74) is 9.25.